The van der Waals surface area contributed by atoms with Crippen molar-refractivity contribution in [3.8, 4) is 5.75 Å². The third-order valence-corrected chi connectivity index (χ3v) is 4.50. The number of amidine groups is 1. The van der Waals surface area contributed by atoms with E-state index in [0.717, 1.165) is 25.9 Å². The SMILES string of the molecule is N=C(N)c1cccc(OC2CNC(C(=O)N3CCCCC3)C2)c1. The molecule has 23 heavy (non-hydrogen) atoms. The second-order valence-corrected chi connectivity index (χ2v) is 6.26. The molecule has 6 heteroatoms. The highest BCUT2D eigenvalue weighted by atomic mass is 16.5. The quantitative estimate of drug-likeness (QED) is 0.573. The van der Waals surface area contributed by atoms with Gasteiger partial charge in [0.05, 0.1) is 6.04 Å². The molecular weight excluding hydrogens is 292 g/mol. The van der Waals surface area contributed by atoms with Crippen LogP contribution in [0, 0.1) is 5.41 Å². The Labute approximate surface area is 136 Å². The van der Waals surface area contributed by atoms with Gasteiger partial charge in [-0.15, -0.1) is 0 Å². The zero-order chi connectivity index (χ0) is 16.2. The van der Waals surface area contributed by atoms with Crippen molar-refractivity contribution in [2.24, 2.45) is 5.73 Å². The van der Waals surface area contributed by atoms with Gasteiger partial charge in [0.15, 0.2) is 0 Å². The van der Waals surface area contributed by atoms with Crippen LogP contribution in [-0.4, -0.2) is 48.4 Å². The molecule has 2 aliphatic heterocycles. The van der Waals surface area contributed by atoms with Crippen molar-refractivity contribution < 1.29 is 9.53 Å². The Morgan fingerprint density at radius 1 is 1.30 bits per heavy atom. The number of ether oxygens (including phenoxy) is 1. The fourth-order valence-electron chi connectivity index (χ4n) is 3.25. The average molecular weight is 316 g/mol. The van der Waals surface area contributed by atoms with Crippen LogP contribution in [0.1, 0.15) is 31.2 Å². The first kappa shape index (κ1) is 15.8. The summed E-state index contributed by atoms with van der Waals surface area (Å²) < 4.78 is 5.95. The van der Waals surface area contributed by atoms with Gasteiger partial charge in [-0.1, -0.05) is 12.1 Å². The Morgan fingerprint density at radius 2 is 2.09 bits per heavy atom. The Bertz CT molecular complexity index is 584. The van der Waals surface area contributed by atoms with Gasteiger partial charge in [-0.25, -0.2) is 0 Å². The summed E-state index contributed by atoms with van der Waals surface area (Å²) in [5.74, 6) is 0.919. The molecule has 2 fully saturated rings. The fourth-order valence-corrected chi connectivity index (χ4v) is 3.25. The van der Waals surface area contributed by atoms with Crippen LogP contribution in [0.3, 0.4) is 0 Å². The van der Waals surface area contributed by atoms with Crippen LogP contribution < -0.4 is 15.8 Å². The second kappa shape index (κ2) is 7.00. The highest BCUT2D eigenvalue weighted by Gasteiger charge is 2.33. The number of amides is 1. The minimum Gasteiger partial charge on any atom is -0.489 e. The third-order valence-electron chi connectivity index (χ3n) is 4.50. The molecule has 0 bridgehead atoms. The molecule has 1 aromatic carbocycles. The highest BCUT2D eigenvalue weighted by molar-refractivity contribution is 5.95. The molecule has 4 N–H and O–H groups in total. The summed E-state index contributed by atoms with van der Waals surface area (Å²) in [5, 5.41) is 10.8. The van der Waals surface area contributed by atoms with E-state index >= 15 is 0 Å². The van der Waals surface area contributed by atoms with Gasteiger partial charge in [0.25, 0.3) is 0 Å². The maximum absolute atomic E-state index is 12.5. The van der Waals surface area contributed by atoms with Crippen molar-refractivity contribution in [2.75, 3.05) is 19.6 Å². The van der Waals surface area contributed by atoms with Gasteiger partial charge in [-0.05, 0) is 31.4 Å². The first-order valence-corrected chi connectivity index (χ1v) is 8.27. The summed E-state index contributed by atoms with van der Waals surface area (Å²) in [4.78, 5) is 14.5. The molecule has 0 aliphatic carbocycles. The van der Waals surface area contributed by atoms with Gasteiger partial charge in [-0.2, -0.15) is 0 Å². The van der Waals surface area contributed by atoms with E-state index in [1.54, 1.807) is 12.1 Å². The van der Waals surface area contributed by atoms with E-state index in [2.05, 4.69) is 5.32 Å². The van der Waals surface area contributed by atoms with Crippen LogP contribution in [0.15, 0.2) is 24.3 Å². The zero-order valence-electron chi connectivity index (χ0n) is 13.3. The lowest BCUT2D eigenvalue weighted by Crippen LogP contribution is -2.45. The number of nitrogens with two attached hydrogens (primary N) is 1. The second-order valence-electron chi connectivity index (χ2n) is 6.26. The van der Waals surface area contributed by atoms with Crippen LogP contribution in [-0.2, 0) is 4.79 Å². The number of carbonyl (C=O) groups is 1. The van der Waals surface area contributed by atoms with E-state index in [4.69, 9.17) is 15.9 Å². The lowest BCUT2D eigenvalue weighted by molar-refractivity contribution is -0.134. The van der Waals surface area contributed by atoms with E-state index in [0.29, 0.717) is 24.3 Å². The topological polar surface area (TPSA) is 91.4 Å². The van der Waals surface area contributed by atoms with E-state index in [1.165, 1.54) is 6.42 Å². The molecule has 0 saturated carbocycles. The molecule has 2 aliphatic rings. The molecule has 0 aromatic heterocycles. The lowest BCUT2D eigenvalue weighted by Gasteiger charge is -2.29. The van der Waals surface area contributed by atoms with Crippen LogP contribution in [0.5, 0.6) is 5.75 Å². The van der Waals surface area contributed by atoms with Crippen molar-refractivity contribution in [1.29, 1.82) is 5.41 Å². The number of carbonyl (C=O) groups excluding carboxylic acids is 1. The maximum atomic E-state index is 12.5. The molecule has 6 nitrogen and oxygen atoms in total. The van der Waals surface area contributed by atoms with Crippen molar-refractivity contribution >= 4 is 11.7 Å². The van der Waals surface area contributed by atoms with Crippen molar-refractivity contribution in [2.45, 2.75) is 37.8 Å². The molecular formula is C17H24N4O2. The molecule has 1 amide bonds. The van der Waals surface area contributed by atoms with Gasteiger partial charge in [0.1, 0.15) is 17.7 Å². The Hall–Kier alpha value is -2.08. The Kier molecular flexibility index (Phi) is 4.81. The molecule has 124 valence electrons. The predicted molar refractivity (Wildman–Crippen MR) is 88.7 cm³/mol. The number of hydrogen-bond acceptors (Lipinski definition) is 4. The molecule has 2 heterocycles. The minimum atomic E-state index is -0.144. The Balaban J connectivity index is 1.56. The van der Waals surface area contributed by atoms with Crippen molar-refractivity contribution in [1.82, 2.24) is 10.2 Å². The number of benzene rings is 1. The number of piperidine rings is 1. The predicted octanol–water partition coefficient (Wildman–Crippen LogP) is 1.09. The summed E-state index contributed by atoms with van der Waals surface area (Å²) in [6, 6.07) is 7.08. The van der Waals surface area contributed by atoms with E-state index in [-0.39, 0.29) is 23.9 Å². The molecule has 0 radical (unpaired) electrons. The number of rotatable bonds is 4. The molecule has 0 spiro atoms. The van der Waals surface area contributed by atoms with E-state index in [1.807, 2.05) is 17.0 Å². The Morgan fingerprint density at radius 3 is 2.83 bits per heavy atom. The van der Waals surface area contributed by atoms with Crippen LogP contribution >= 0.6 is 0 Å². The van der Waals surface area contributed by atoms with Crippen LogP contribution in [0.25, 0.3) is 0 Å². The van der Waals surface area contributed by atoms with Gasteiger partial charge in [0.2, 0.25) is 5.91 Å². The minimum absolute atomic E-state index is 0.0261. The summed E-state index contributed by atoms with van der Waals surface area (Å²) in [6.45, 7) is 2.42. The van der Waals surface area contributed by atoms with E-state index < -0.39 is 0 Å². The maximum Gasteiger partial charge on any atom is 0.239 e. The first-order chi connectivity index (χ1) is 11.1. The number of nitrogens with one attached hydrogen (secondary N) is 2. The summed E-state index contributed by atoms with van der Waals surface area (Å²) in [7, 11) is 0. The lowest BCUT2D eigenvalue weighted by atomic mass is 10.1. The van der Waals surface area contributed by atoms with Gasteiger partial charge < -0.3 is 20.7 Å². The monoisotopic (exact) mass is 316 g/mol. The number of nitrogens with zero attached hydrogens (tertiary/aromatic N) is 1. The summed E-state index contributed by atoms with van der Waals surface area (Å²) in [5.41, 5.74) is 6.15. The molecule has 3 rings (SSSR count). The number of likely N-dealkylation sites (tertiary alicyclic amines) is 1. The standard InChI is InChI=1S/C17H24N4O2/c18-16(19)12-5-4-6-13(9-12)23-14-10-15(20-11-14)17(22)21-7-2-1-3-8-21/h4-6,9,14-15,20H,1-3,7-8,10-11H2,(H3,18,19). The van der Waals surface area contributed by atoms with Crippen molar-refractivity contribution in [3.63, 3.8) is 0 Å². The highest BCUT2D eigenvalue weighted by Crippen LogP contribution is 2.20. The largest absolute Gasteiger partial charge is 0.489 e. The van der Waals surface area contributed by atoms with E-state index in [9.17, 15) is 4.79 Å². The van der Waals surface area contributed by atoms with Gasteiger partial charge >= 0.3 is 0 Å². The van der Waals surface area contributed by atoms with Gasteiger partial charge in [-0.3, -0.25) is 10.2 Å². The van der Waals surface area contributed by atoms with Crippen LogP contribution in [0.4, 0.5) is 0 Å². The zero-order valence-corrected chi connectivity index (χ0v) is 13.3. The smallest absolute Gasteiger partial charge is 0.239 e. The fraction of sp³-hybridized carbons (Fsp3) is 0.529. The number of hydrogen-bond donors (Lipinski definition) is 3. The molecule has 2 unspecified atom stereocenters. The molecule has 2 saturated heterocycles. The third kappa shape index (κ3) is 3.82. The molecule has 2 atom stereocenters. The summed E-state index contributed by atoms with van der Waals surface area (Å²) >= 11 is 0. The van der Waals surface area contributed by atoms with Crippen LogP contribution in [0.2, 0.25) is 0 Å². The van der Waals surface area contributed by atoms with Crippen molar-refractivity contribution in [3.05, 3.63) is 29.8 Å². The molecule has 1 aromatic rings. The normalized spacial score (nSPS) is 24.4. The number of nitrogen functional groups attached to an aromatic ring is 1. The van der Waals surface area contributed by atoms with Gasteiger partial charge in [0, 0.05) is 31.6 Å². The summed E-state index contributed by atoms with van der Waals surface area (Å²) in [6.07, 6.45) is 4.09. The first-order valence-electron chi connectivity index (χ1n) is 8.27. The average Bonchev–Trinajstić information content (AvgIpc) is 3.03.